The van der Waals surface area contributed by atoms with E-state index in [1.54, 1.807) is 38.4 Å². The molecule has 0 heterocycles. The minimum atomic E-state index is -3.65. The van der Waals surface area contributed by atoms with E-state index in [0.29, 0.717) is 11.3 Å². The lowest BCUT2D eigenvalue weighted by Crippen LogP contribution is -2.26. The molecule has 22 heavy (non-hydrogen) atoms. The second-order valence-corrected chi connectivity index (χ2v) is 7.00. The van der Waals surface area contributed by atoms with E-state index in [9.17, 15) is 13.2 Å². The zero-order valence-electron chi connectivity index (χ0n) is 12.7. The second-order valence-electron chi connectivity index (χ2n) is 5.03. The van der Waals surface area contributed by atoms with E-state index in [2.05, 4.69) is 0 Å². The maximum atomic E-state index is 12.6. The fourth-order valence-electron chi connectivity index (χ4n) is 1.96. The van der Waals surface area contributed by atoms with E-state index in [0.717, 1.165) is 0 Å². The van der Waals surface area contributed by atoms with Crippen LogP contribution in [0.15, 0.2) is 59.5 Å². The molecule has 0 fully saturated rings. The van der Waals surface area contributed by atoms with Crippen molar-refractivity contribution in [3.05, 3.63) is 60.2 Å². The second kappa shape index (κ2) is 6.19. The van der Waals surface area contributed by atoms with Crippen molar-refractivity contribution < 1.29 is 13.2 Å². The average molecular weight is 318 g/mol. The number of para-hydroxylation sites is 1. The van der Waals surface area contributed by atoms with Crippen molar-refractivity contribution in [2.24, 2.45) is 0 Å². The predicted molar refractivity (Wildman–Crippen MR) is 86.5 cm³/mol. The van der Waals surface area contributed by atoms with Crippen molar-refractivity contribution in [2.45, 2.75) is 4.90 Å². The molecule has 0 aliphatic rings. The first-order valence-electron chi connectivity index (χ1n) is 6.70. The molecule has 2 rings (SSSR count). The Labute approximate surface area is 130 Å². The summed E-state index contributed by atoms with van der Waals surface area (Å²) < 4.78 is 26.4. The summed E-state index contributed by atoms with van der Waals surface area (Å²) in [5, 5.41) is 0. The third kappa shape index (κ3) is 3.12. The monoisotopic (exact) mass is 318 g/mol. The summed E-state index contributed by atoms with van der Waals surface area (Å²) in [6, 6.07) is 14.8. The number of carbonyl (C=O) groups is 1. The zero-order valence-corrected chi connectivity index (χ0v) is 13.5. The molecule has 0 bridgehead atoms. The lowest BCUT2D eigenvalue weighted by Gasteiger charge is -2.19. The van der Waals surface area contributed by atoms with Crippen LogP contribution in [0.25, 0.3) is 0 Å². The van der Waals surface area contributed by atoms with Crippen LogP contribution in [0.1, 0.15) is 10.4 Å². The molecule has 0 saturated heterocycles. The molecule has 0 aliphatic carbocycles. The largest absolute Gasteiger partial charge is 0.345 e. The molecule has 0 aromatic heterocycles. The van der Waals surface area contributed by atoms with E-state index in [4.69, 9.17) is 0 Å². The lowest BCUT2D eigenvalue weighted by molar-refractivity contribution is 0.0827. The highest BCUT2D eigenvalue weighted by Crippen LogP contribution is 2.22. The van der Waals surface area contributed by atoms with Crippen LogP contribution in [0.4, 0.5) is 5.69 Å². The van der Waals surface area contributed by atoms with Crippen molar-refractivity contribution in [3.8, 4) is 0 Å². The lowest BCUT2D eigenvalue weighted by atomic mass is 10.2. The van der Waals surface area contributed by atoms with Gasteiger partial charge in [0, 0.05) is 26.7 Å². The zero-order chi connectivity index (χ0) is 16.3. The van der Waals surface area contributed by atoms with Crippen LogP contribution in [0.2, 0.25) is 0 Å². The molecule has 116 valence electrons. The fraction of sp³-hybridized carbons (Fsp3) is 0.188. The van der Waals surface area contributed by atoms with Crippen LogP contribution in [-0.4, -0.2) is 40.4 Å². The standard InChI is InChI=1S/C16H18N2O3S/c1-17(2)16(19)13-9-11-15(12-10-13)22(20,21)18(3)14-7-5-4-6-8-14/h4-12H,1-3H3. The summed E-state index contributed by atoms with van der Waals surface area (Å²) in [5.41, 5.74) is 1.03. The van der Waals surface area contributed by atoms with Crippen LogP contribution in [0, 0.1) is 0 Å². The number of nitrogens with zero attached hydrogens (tertiary/aromatic N) is 2. The number of carbonyl (C=O) groups excluding carboxylic acids is 1. The number of hydrogen-bond acceptors (Lipinski definition) is 3. The summed E-state index contributed by atoms with van der Waals surface area (Å²) in [6.45, 7) is 0. The number of hydrogen-bond donors (Lipinski definition) is 0. The molecule has 0 saturated carbocycles. The Bertz CT molecular complexity index is 754. The van der Waals surface area contributed by atoms with E-state index < -0.39 is 10.0 Å². The molecule has 5 nitrogen and oxygen atoms in total. The van der Waals surface area contributed by atoms with Crippen LogP contribution < -0.4 is 4.31 Å². The van der Waals surface area contributed by atoms with E-state index >= 15 is 0 Å². The van der Waals surface area contributed by atoms with Crippen LogP contribution in [-0.2, 0) is 10.0 Å². The van der Waals surface area contributed by atoms with Gasteiger partial charge in [0.05, 0.1) is 10.6 Å². The van der Waals surface area contributed by atoms with Gasteiger partial charge in [-0.3, -0.25) is 9.10 Å². The van der Waals surface area contributed by atoms with Gasteiger partial charge in [0.2, 0.25) is 0 Å². The Kier molecular flexibility index (Phi) is 4.51. The first kappa shape index (κ1) is 16.0. The van der Waals surface area contributed by atoms with Crippen molar-refractivity contribution in [1.29, 1.82) is 0 Å². The Morgan fingerprint density at radius 3 is 1.91 bits per heavy atom. The van der Waals surface area contributed by atoms with Gasteiger partial charge in [-0.05, 0) is 36.4 Å². The van der Waals surface area contributed by atoms with E-state index in [-0.39, 0.29) is 10.8 Å². The van der Waals surface area contributed by atoms with Crippen molar-refractivity contribution in [2.75, 3.05) is 25.4 Å². The van der Waals surface area contributed by atoms with Gasteiger partial charge in [0.1, 0.15) is 0 Å². The highest BCUT2D eigenvalue weighted by atomic mass is 32.2. The molecule has 1 amide bonds. The van der Waals surface area contributed by atoms with Gasteiger partial charge in [-0.2, -0.15) is 0 Å². The molecule has 0 radical (unpaired) electrons. The maximum absolute atomic E-state index is 12.6. The van der Waals surface area contributed by atoms with Gasteiger partial charge in [-0.15, -0.1) is 0 Å². The van der Waals surface area contributed by atoms with Gasteiger partial charge >= 0.3 is 0 Å². The normalized spacial score (nSPS) is 11.0. The summed E-state index contributed by atoms with van der Waals surface area (Å²) >= 11 is 0. The van der Waals surface area contributed by atoms with E-state index in [1.807, 2.05) is 6.07 Å². The molecular formula is C16H18N2O3S. The van der Waals surface area contributed by atoms with Gasteiger partial charge < -0.3 is 4.90 Å². The molecule has 0 spiro atoms. The quantitative estimate of drug-likeness (QED) is 0.868. The number of anilines is 1. The van der Waals surface area contributed by atoms with Gasteiger partial charge in [0.15, 0.2) is 0 Å². The Hall–Kier alpha value is -2.34. The molecular weight excluding hydrogens is 300 g/mol. The molecule has 0 aliphatic heterocycles. The van der Waals surface area contributed by atoms with Crippen molar-refractivity contribution in [3.63, 3.8) is 0 Å². The topological polar surface area (TPSA) is 57.7 Å². The van der Waals surface area contributed by atoms with Crippen LogP contribution >= 0.6 is 0 Å². The van der Waals surface area contributed by atoms with Gasteiger partial charge in [-0.25, -0.2) is 8.42 Å². The SMILES string of the molecule is CN(C)C(=O)c1ccc(S(=O)(=O)N(C)c2ccccc2)cc1. The molecule has 2 aromatic rings. The fourth-order valence-corrected chi connectivity index (χ4v) is 3.16. The summed E-state index contributed by atoms with van der Waals surface area (Å²) in [6.07, 6.45) is 0. The first-order chi connectivity index (χ1) is 10.3. The number of amides is 1. The predicted octanol–water partition coefficient (Wildman–Crippen LogP) is 2.21. The third-order valence-corrected chi connectivity index (χ3v) is 5.09. The molecule has 6 heteroatoms. The average Bonchev–Trinajstić information content (AvgIpc) is 2.54. The van der Waals surface area contributed by atoms with Crippen molar-refractivity contribution in [1.82, 2.24) is 4.90 Å². The summed E-state index contributed by atoms with van der Waals surface area (Å²) in [5.74, 6) is -0.166. The first-order valence-corrected chi connectivity index (χ1v) is 8.14. The Morgan fingerprint density at radius 2 is 1.41 bits per heavy atom. The number of benzene rings is 2. The smallest absolute Gasteiger partial charge is 0.264 e. The highest BCUT2D eigenvalue weighted by molar-refractivity contribution is 7.92. The maximum Gasteiger partial charge on any atom is 0.264 e. The minimum Gasteiger partial charge on any atom is -0.345 e. The van der Waals surface area contributed by atoms with Crippen LogP contribution in [0.5, 0.6) is 0 Å². The highest BCUT2D eigenvalue weighted by Gasteiger charge is 2.21. The van der Waals surface area contributed by atoms with Gasteiger partial charge in [-0.1, -0.05) is 18.2 Å². The molecule has 0 atom stereocenters. The van der Waals surface area contributed by atoms with Crippen molar-refractivity contribution >= 4 is 21.6 Å². The summed E-state index contributed by atoms with van der Waals surface area (Å²) in [7, 11) is 1.16. The Morgan fingerprint density at radius 1 is 0.864 bits per heavy atom. The molecule has 0 unspecified atom stereocenters. The number of sulfonamides is 1. The minimum absolute atomic E-state index is 0.147. The summed E-state index contributed by atoms with van der Waals surface area (Å²) in [4.78, 5) is 13.4. The molecule has 0 N–H and O–H groups in total. The number of rotatable bonds is 4. The Balaban J connectivity index is 2.32. The third-order valence-electron chi connectivity index (χ3n) is 3.29. The van der Waals surface area contributed by atoms with E-state index in [1.165, 1.54) is 40.5 Å². The molecule has 2 aromatic carbocycles. The van der Waals surface area contributed by atoms with Crippen LogP contribution in [0.3, 0.4) is 0 Å². The van der Waals surface area contributed by atoms with Gasteiger partial charge in [0.25, 0.3) is 15.9 Å².